The molecule has 5 amide bonds. The fourth-order valence-electron chi connectivity index (χ4n) is 5.45. The Morgan fingerprint density at radius 3 is 2.02 bits per heavy atom. The Hall–Kier alpha value is -4.46. The van der Waals surface area contributed by atoms with E-state index in [1.54, 1.807) is 20.0 Å². The molecule has 5 atom stereocenters. The van der Waals surface area contributed by atoms with E-state index in [1.807, 2.05) is 38.1 Å². The summed E-state index contributed by atoms with van der Waals surface area (Å²) in [5.74, 6) is -5.34. The van der Waals surface area contributed by atoms with Gasteiger partial charge >= 0.3 is 5.97 Å². The van der Waals surface area contributed by atoms with Gasteiger partial charge < -0.3 is 42.4 Å². The number of carbonyl (C=O) groups is 6. The molecule has 252 valence electrons. The van der Waals surface area contributed by atoms with Crippen molar-refractivity contribution in [3.05, 3.63) is 36.0 Å². The Bertz CT molecular complexity index is 1410. The molecule has 0 aliphatic carbocycles. The van der Waals surface area contributed by atoms with Crippen LogP contribution >= 0.6 is 0 Å². The molecule has 0 unspecified atom stereocenters. The van der Waals surface area contributed by atoms with Gasteiger partial charge in [-0.25, -0.2) is 0 Å². The van der Waals surface area contributed by atoms with Crippen LogP contribution in [0.5, 0.6) is 0 Å². The minimum absolute atomic E-state index is 0.00170. The van der Waals surface area contributed by atoms with Crippen LogP contribution in [0, 0.1) is 11.8 Å². The van der Waals surface area contributed by atoms with Crippen LogP contribution in [0.2, 0.25) is 0 Å². The van der Waals surface area contributed by atoms with Gasteiger partial charge in [0.25, 0.3) is 0 Å². The minimum Gasteiger partial charge on any atom is -0.481 e. The second-order valence-electron chi connectivity index (χ2n) is 12.6. The molecule has 0 bridgehead atoms. The highest BCUT2D eigenvalue weighted by Gasteiger charge is 2.36. The molecule has 1 saturated heterocycles. The van der Waals surface area contributed by atoms with Gasteiger partial charge in [-0.3, -0.25) is 28.8 Å². The maximum atomic E-state index is 13.8. The van der Waals surface area contributed by atoms with Crippen molar-refractivity contribution >= 4 is 46.4 Å². The number of para-hydroxylation sites is 1. The van der Waals surface area contributed by atoms with E-state index in [9.17, 15) is 33.9 Å². The molecule has 1 fully saturated rings. The van der Waals surface area contributed by atoms with Crippen LogP contribution in [0.25, 0.3) is 10.9 Å². The number of amides is 5. The Morgan fingerprint density at radius 2 is 1.37 bits per heavy atom. The number of nitrogens with one attached hydrogen (secondary N) is 6. The maximum absolute atomic E-state index is 13.8. The fraction of sp³-hybridized carbons (Fsp3) is 0.562. The second-order valence-corrected chi connectivity index (χ2v) is 12.6. The lowest BCUT2D eigenvalue weighted by atomic mass is 9.98. The van der Waals surface area contributed by atoms with Crippen LogP contribution in [-0.2, 0) is 35.2 Å². The van der Waals surface area contributed by atoms with E-state index in [0.717, 1.165) is 10.9 Å². The van der Waals surface area contributed by atoms with Gasteiger partial charge in [-0.15, -0.1) is 0 Å². The molecular weight excluding hydrogens is 594 g/mol. The van der Waals surface area contributed by atoms with Crippen LogP contribution in [0.1, 0.15) is 65.4 Å². The number of carboxylic acids is 1. The molecule has 2 heterocycles. The van der Waals surface area contributed by atoms with Crippen LogP contribution in [0.15, 0.2) is 30.5 Å². The molecule has 14 heteroatoms. The maximum Gasteiger partial charge on any atom is 0.305 e. The third-order valence-corrected chi connectivity index (χ3v) is 7.91. The van der Waals surface area contributed by atoms with E-state index < -0.39 is 72.1 Å². The van der Waals surface area contributed by atoms with Gasteiger partial charge in [-0.05, 0) is 55.7 Å². The molecule has 0 radical (unpaired) electrons. The number of carbonyl (C=O) groups excluding carboxylic acids is 5. The number of fused-ring (bicyclic) bond motifs is 1. The van der Waals surface area contributed by atoms with E-state index in [0.29, 0.717) is 24.9 Å². The minimum atomic E-state index is -1.56. The van der Waals surface area contributed by atoms with E-state index in [4.69, 9.17) is 5.73 Å². The van der Waals surface area contributed by atoms with Crippen molar-refractivity contribution < 1.29 is 33.9 Å². The molecule has 1 aliphatic heterocycles. The molecule has 3 rings (SSSR count). The largest absolute Gasteiger partial charge is 0.481 e. The number of aliphatic carboxylic acids is 1. The lowest BCUT2D eigenvalue weighted by Crippen LogP contribution is -2.59. The van der Waals surface area contributed by atoms with Crippen molar-refractivity contribution in [2.75, 3.05) is 6.54 Å². The number of aromatic nitrogens is 1. The van der Waals surface area contributed by atoms with E-state index in [2.05, 4.69) is 31.6 Å². The monoisotopic (exact) mass is 641 g/mol. The number of H-pyrrole nitrogens is 1. The number of nitrogens with two attached hydrogens (primary N) is 1. The molecule has 1 aromatic heterocycles. The van der Waals surface area contributed by atoms with Gasteiger partial charge in [0.1, 0.15) is 30.2 Å². The molecule has 2 aromatic rings. The highest BCUT2D eigenvalue weighted by atomic mass is 16.4. The molecule has 9 N–H and O–H groups in total. The van der Waals surface area contributed by atoms with Gasteiger partial charge in [-0.1, -0.05) is 45.9 Å². The molecule has 14 nitrogen and oxygen atoms in total. The summed E-state index contributed by atoms with van der Waals surface area (Å²) in [6.07, 6.45) is 2.36. The average Bonchev–Trinajstić information content (AvgIpc) is 3.39. The Labute approximate surface area is 268 Å². The summed E-state index contributed by atoms with van der Waals surface area (Å²) in [5.41, 5.74) is 7.14. The predicted octanol–water partition coefficient (Wildman–Crippen LogP) is 0.454. The lowest BCUT2D eigenvalue weighted by Gasteiger charge is -2.28. The normalized spacial score (nSPS) is 23.6. The Morgan fingerprint density at radius 1 is 0.783 bits per heavy atom. The summed E-state index contributed by atoms with van der Waals surface area (Å²) in [5, 5.41) is 23.7. The summed E-state index contributed by atoms with van der Waals surface area (Å²) in [6, 6.07) is 1.36. The SMILES string of the molecule is CC(C)C[C@H]1NC(=O)[C@H](C(C)C)NC(=O)[C@@H](CCCCN)NC(=O)[C@H](CC(=O)O)NC(=O)[C@H](Cc2c[nH]c3ccccc23)NC1=O. The number of carboxylic acid groups (broad SMARTS) is 1. The van der Waals surface area contributed by atoms with E-state index >= 15 is 0 Å². The zero-order chi connectivity index (χ0) is 34.0. The highest BCUT2D eigenvalue weighted by molar-refractivity contribution is 5.99. The van der Waals surface area contributed by atoms with Crippen LogP contribution in [0.3, 0.4) is 0 Å². The number of aromatic amines is 1. The number of hydrogen-bond donors (Lipinski definition) is 8. The number of hydrogen-bond acceptors (Lipinski definition) is 7. The smallest absolute Gasteiger partial charge is 0.305 e. The van der Waals surface area contributed by atoms with Gasteiger partial charge in [0.2, 0.25) is 29.5 Å². The summed E-state index contributed by atoms with van der Waals surface area (Å²) in [7, 11) is 0. The fourth-order valence-corrected chi connectivity index (χ4v) is 5.45. The standard InChI is InChI=1S/C32H47N7O7/c1-17(2)13-23-29(43)36-24(14-19-16-34-21-10-6-5-9-20(19)21)30(44)37-25(15-26(40)41)31(45)35-22(11-7-8-12-33)28(42)39-27(18(3)4)32(46)38-23/h5-6,9-10,16-18,22-25,27,34H,7-8,11-15,33H2,1-4H3,(H,35,45)(H,36,43)(H,37,44)(H,38,46)(H,39,42)(H,40,41)/t22-,23-,24+,25+,27+/m1/s1. The molecule has 1 aliphatic rings. The van der Waals surface area contributed by atoms with Gasteiger partial charge in [0.15, 0.2) is 0 Å². The van der Waals surface area contributed by atoms with E-state index in [-0.39, 0.29) is 31.1 Å². The summed E-state index contributed by atoms with van der Waals surface area (Å²) in [6.45, 7) is 7.59. The number of unbranched alkanes of at least 4 members (excludes halogenated alkanes) is 1. The first-order valence-corrected chi connectivity index (χ1v) is 15.8. The van der Waals surface area contributed by atoms with Gasteiger partial charge in [-0.2, -0.15) is 0 Å². The highest BCUT2D eigenvalue weighted by Crippen LogP contribution is 2.20. The van der Waals surface area contributed by atoms with Crippen LogP contribution in [0.4, 0.5) is 0 Å². The summed E-state index contributed by atoms with van der Waals surface area (Å²) in [4.78, 5) is 83.0. The topological polar surface area (TPSA) is 225 Å². The lowest BCUT2D eigenvalue weighted by molar-refractivity contribution is -0.141. The third kappa shape index (κ3) is 10.0. The zero-order valence-electron chi connectivity index (χ0n) is 26.9. The van der Waals surface area contributed by atoms with Crippen molar-refractivity contribution in [1.82, 2.24) is 31.6 Å². The predicted molar refractivity (Wildman–Crippen MR) is 171 cm³/mol. The zero-order valence-corrected chi connectivity index (χ0v) is 26.9. The van der Waals surface area contributed by atoms with Crippen molar-refractivity contribution in [2.45, 2.75) is 96.4 Å². The average molecular weight is 642 g/mol. The van der Waals surface area contributed by atoms with Crippen molar-refractivity contribution in [2.24, 2.45) is 17.6 Å². The molecule has 0 saturated carbocycles. The summed E-state index contributed by atoms with van der Waals surface area (Å²) < 4.78 is 0. The second kappa shape index (κ2) is 16.7. The van der Waals surface area contributed by atoms with Gasteiger partial charge in [0.05, 0.1) is 6.42 Å². The van der Waals surface area contributed by atoms with Crippen molar-refractivity contribution in [3.63, 3.8) is 0 Å². The van der Waals surface area contributed by atoms with Crippen LogP contribution in [-0.4, -0.2) is 82.3 Å². The summed E-state index contributed by atoms with van der Waals surface area (Å²) >= 11 is 0. The van der Waals surface area contributed by atoms with Crippen LogP contribution < -0.4 is 32.3 Å². The quantitative estimate of drug-likeness (QED) is 0.160. The molecular formula is C32H47N7O7. The molecule has 46 heavy (non-hydrogen) atoms. The molecule has 0 spiro atoms. The first-order valence-electron chi connectivity index (χ1n) is 15.8. The number of benzene rings is 1. The van der Waals surface area contributed by atoms with E-state index in [1.165, 1.54) is 0 Å². The third-order valence-electron chi connectivity index (χ3n) is 7.91. The number of rotatable bonds is 11. The van der Waals surface area contributed by atoms with Gasteiger partial charge in [0, 0.05) is 23.5 Å². The first-order chi connectivity index (χ1) is 21.8. The van der Waals surface area contributed by atoms with Crippen molar-refractivity contribution in [3.8, 4) is 0 Å². The Kier molecular flexibility index (Phi) is 13.1. The molecule has 1 aromatic carbocycles. The Balaban J connectivity index is 2.07. The first kappa shape index (κ1) is 36.0. The van der Waals surface area contributed by atoms with Crippen molar-refractivity contribution in [1.29, 1.82) is 0 Å².